The van der Waals surface area contributed by atoms with E-state index < -0.39 is 17.7 Å². The van der Waals surface area contributed by atoms with Gasteiger partial charge in [0.1, 0.15) is 11.6 Å². The maximum Gasteiger partial charge on any atom is 0.260 e. The molecule has 0 saturated heterocycles. The van der Waals surface area contributed by atoms with E-state index >= 15 is 0 Å². The first-order valence-electron chi connectivity index (χ1n) is 6.54. The number of methoxy groups -OCH3 is 1. The average molecular weight is 330 g/mol. The van der Waals surface area contributed by atoms with Crippen molar-refractivity contribution in [2.45, 2.75) is 0 Å². The summed E-state index contributed by atoms with van der Waals surface area (Å²) in [7, 11) is 1.54. The summed E-state index contributed by atoms with van der Waals surface area (Å²) in [6.07, 6.45) is 1.66. The Morgan fingerprint density at radius 1 is 1.43 bits per heavy atom. The first-order chi connectivity index (χ1) is 11.0. The van der Waals surface area contributed by atoms with Gasteiger partial charge in [0.25, 0.3) is 5.91 Å². The van der Waals surface area contributed by atoms with Gasteiger partial charge in [0.15, 0.2) is 5.92 Å². The van der Waals surface area contributed by atoms with E-state index in [2.05, 4.69) is 10.6 Å². The number of nitriles is 1. The largest absolute Gasteiger partial charge is 0.497 e. The highest BCUT2D eigenvalue weighted by molar-refractivity contribution is 8.02. The molecule has 1 aliphatic heterocycles. The number of hydrogen-bond donors (Lipinski definition) is 3. The van der Waals surface area contributed by atoms with Crippen LogP contribution in [-0.4, -0.2) is 31.0 Å². The number of thioether (sulfide) groups is 1. The van der Waals surface area contributed by atoms with E-state index in [1.807, 2.05) is 6.07 Å². The lowest BCUT2D eigenvalue weighted by Gasteiger charge is -2.23. The van der Waals surface area contributed by atoms with Gasteiger partial charge >= 0.3 is 0 Å². The van der Waals surface area contributed by atoms with Crippen LogP contribution in [0.5, 0.6) is 5.75 Å². The standard InChI is InChI=1S/C15H14N4O3S/c1-22-9-5-3-8(4-6-9)18-15(21)11-12(23-2)10(7-16)14(20)19-13(11)17/h3-6,10H,1-2H3,(H,18,21)(H2,17,19,20). The second-order valence-electron chi connectivity index (χ2n) is 4.55. The van der Waals surface area contributed by atoms with E-state index in [9.17, 15) is 9.59 Å². The third kappa shape index (κ3) is 3.35. The molecule has 1 unspecified atom stereocenters. The summed E-state index contributed by atoms with van der Waals surface area (Å²) < 4.78 is 5.04. The minimum atomic E-state index is -1.09. The van der Waals surface area contributed by atoms with Crippen molar-refractivity contribution in [1.82, 2.24) is 5.32 Å². The number of nitrogens with one attached hydrogen (secondary N) is 3. The van der Waals surface area contributed by atoms with Crippen molar-refractivity contribution in [2.75, 3.05) is 18.7 Å². The molecule has 1 heterocycles. The van der Waals surface area contributed by atoms with Crippen molar-refractivity contribution in [1.29, 1.82) is 10.7 Å². The fourth-order valence-electron chi connectivity index (χ4n) is 2.08. The second kappa shape index (κ2) is 6.98. The van der Waals surface area contributed by atoms with Crippen molar-refractivity contribution in [3.05, 3.63) is 34.7 Å². The van der Waals surface area contributed by atoms with E-state index in [0.29, 0.717) is 11.4 Å². The molecule has 2 amide bonds. The topological polar surface area (TPSA) is 115 Å². The molecule has 1 aromatic rings. The fraction of sp³-hybridized carbons (Fsp3) is 0.200. The van der Waals surface area contributed by atoms with Crippen molar-refractivity contribution < 1.29 is 14.3 Å². The van der Waals surface area contributed by atoms with E-state index in [0.717, 1.165) is 11.8 Å². The van der Waals surface area contributed by atoms with Gasteiger partial charge in [0.2, 0.25) is 5.91 Å². The van der Waals surface area contributed by atoms with Crippen LogP contribution in [0, 0.1) is 22.7 Å². The maximum atomic E-state index is 12.5. The van der Waals surface area contributed by atoms with Crippen molar-refractivity contribution >= 4 is 35.1 Å². The quantitative estimate of drug-likeness (QED) is 0.774. The second-order valence-corrected chi connectivity index (χ2v) is 5.40. The van der Waals surface area contributed by atoms with Crippen LogP contribution in [0.2, 0.25) is 0 Å². The lowest BCUT2D eigenvalue weighted by molar-refractivity contribution is -0.121. The van der Waals surface area contributed by atoms with Gasteiger partial charge in [0, 0.05) is 10.6 Å². The molecule has 0 saturated carbocycles. The lowest BCUT2D eigenvalue weighted by atomic mass is 9.99. The molecule has 0 fully saturated rings. The number of amidine groups is 1. The zero-order valence-corrected chi connectivity index (χ0v) is 13.3. The molecule has 0 spiro atoms. The van der Waals surface area contributed by atoms with E-state index in [4.69, 9.17) is 15.4 Å². The van der Waals surface area contributed by atoms with Gasteiger partial charge in [-0.05, 0) is 30.5 Å². The van der Waals surface area contributed by atoms with Crippen LogP contribution in [-0.2, 0) is 9.59 Å². The number of ether oxygens (including phenoxy) is 1. The Hall–Kier alpha value is -2.79. The average Bonchev–Trinajstić information content (AvgIpc) is 2.54. The zero-order valence-electron chi connectivity index (χ0n) is 12.5. The Morgan fingerprint density at radius 2 is 2.09 bits per heavy atom. The molecule has 3 N–H and O–H groups in total. The van der Waals surface area contributed by atoms with Crippen LogP contribution in [0.15, 0.2) is 34.7 Å². The van der Waals surface area contributed by atoms with Crippen LogP contribution in [0.25, 0.3) is 0 Å². The molecule has 23 heavy (non-hydrogen) atoms. The van der Waals surface area contributed by atoms with Crippen LogP contribution < -0.4 is 15.4 Å². The predicted molar refractivity (Wildman–Crippen MR) is 87.1 cm³/mol. The summed E-state index contributed by atoms with van der Waals surface area (Å²) >= 11 is 1.11. The number of amides is 2. The minimum absolute atomic E-state index is 0.000493. The SMILES string of the molecule is COc1ccc(NC(=O)C2=C(SC)C(C#N)C(=O)NC2=N)cc1. The van der Waals surface area contributed by atoms with E-state index in [1.54, 1.807) is 30.5 Å². The van der Waals surface area contributed by atoms with Crippen LogP contribution in [0.3, 0.4) is 0 Å². The maximum absolute atomic E-state index is 12.5. The summed E-state index contributed by atoms with van der Waals surface area (Å²) in [6.45, 7) is 0. The van der Waals surface area contributed by atoms with Crippen molar-refractivity contribution in [2.24, 2.45) is 5.92 Å². The molecule has 0 radical (unpaired) electrons. The smallest absolute Gasteiger partial charge is 0.260 e. The van der Waals surface area contributed by atoms with Gasteiger partial charge in [-0.2, -0.15) is 5.26 Å². The number of hydrogen-bond acceptors (Lipinski definition) is 6. The molecule has 0 aliphatic carbocycles. The molecule has 1 aromatic carbocycles. The number of carbonyl (C=O) groups is 2. The molecular formula is C15H14N4O3S. The first-order valence-corrected chi connectivity index (χ1v) is 7.77. The summed E-state index contributed by atoms with van der Waals surface area (Å²) in [5, 5.41) is 21.9. The van der Waals surface area contributed by atoms with Gasteiger partial charge < -0.3 is 15.4 Å². The number of carbonyl (C=O) groups excluding carboxylic acids is 2. The molecule has 0 bridgehead atoms. The van der Waals surface area contributed by atoms with Gasteiger partial charge in [-0.25, -0.2) is 0 Å². The van der Waals surface area contributed by atoms with Gasteiger partial charge in [-0.3, -0.25) is 15.0 Å². The van der Waals surface area contributed by atoms with E-state index in [1.165, 1.54) is 7.11 Å². The Balaban J connectivity index is 2.32. The normalized spacial score (nSPS) is 17.3. The first kappa shape index (κ1) is 16.6. The lowest BCUT2D eigenvalue weighted by Crippen LogP contribution is -2.44. The monoisotopic (exact) mass is 330 g/mol. The van der Waals surface area contributed by atoms with Crippen molar-refractivity contribution in [3.8, 4) is 11.8 Å². The molecule has 8 heteroatoms. The fourth-order valence-corrected chi connectivity index (χ4v) is 2.87. The highest BCUT2D eigenvalue weighted by atomic mass is 32.2. The number of anilines is 1. The van der Waals surface area contributed by atoms with Gasteiger partial charge in [0.05, 0.1) is 18.8 Å². The Labute approximate surface area is 137 Å². The molecular weight excluding hydrogens is 316 g/mol. The Kier molecular flexibility index (Phi) is 5.03. The van der Waals surface area contributed by atoms with Crippen molar-refractivity contribution in [3.63, 3.8) is 0 Å². The highest BCUT2D eigenvalue weighted by Crippen LogP contribution is 2.30. The molecule has 1 atom stereocenters. The number of nitrogens with zero attached hydrogens (tertiary/aromatic N) is 1. The van der Waals surface area contributed by atoms with Gasteiger partial charge in [-0.1, -0.05) is 0 Å². The summed E-state index contributed by atoms with van der Waals surface area (Å²) in [6, 6.07) is 8.54. The predicted octanol–water partition coefficient (Wildman–Crippen LogP) is 1.50. The zero-order chi connectivity index (χ0) is 17.0. The number of rotatable bonds is 4. The van der Waals surface area contributed by atoms with Gasteiger partial charge in [-0.15, -0.1) is 11.8 Å². The van der Waals surface area contributed by atoms with Crippen LogP contribution in [0.1, 0.15) is 0 Å². The number of benzene rings is 1. The Morgan fingerprint density at radius 3 is 2.61 bits per heavy atom. The van der Waals surface area contributed by atoms with Crippen LogP contribution >= 0.6 is 11.8 Å². The van der Waals surface area contributed by atoms with Crippen LogP contribution in [0.4, 0.5) is 5.69 Å². The molecule has 0 aromatic heterocycles. The molecule has 118 valence electrons. The highest BCUT2D eigenvalue weighted by Gasteiger charge is 2.35. The molecule has 7 nitrogen and oxygen atoms in total. The third-order valence-electron chi connectivity index (χ3n) is 3.19. The summed E-state index contributed by atoms with van der Waals surface area (Å²) in [4.78, 5) is 24.5. The minimum Gasteiger partial charge on any atom is -0.497 e. The summed E-state index contributed by atoms with van der Waals surface area (Å²) in [5.74, 6) is -1.89. The third-order valence-corrected chi connectivity index (χ3v) is 4.07. The molecule has 2 rings (SSSR count). The van der Waals surface area contributed by atoms with E-state index in [-0.39, 0.29) is 16.3 Å². The molecule has 1 aliphatic rings. The Bertz CT molecular complexity index is 734. The summed E-state index contributed by atoms with van der Waals surface area (Å²) in [5.41, 5.74) is 0.515.